The van der Waals surface area contributed by atoms with Crippen LogP contribution >= 0.6 is 0 Å². The van der Waals surface area contributed by atoms with Gasteiger partial charge in [-0.05, 0) is 18.2 Å². The Hall–Kier alpha value is -1.73. The van der Waals surface area contributed by atoms with Gasteiger partial charge >= 0.3 is 5.97 Å². The lowest BCUT2D eigenvalue weighted by Crippen LogP contribution is -2.09. The van der Waals surface area contributed by atoms with E-state index in [2.05, 4.69) is 0 Å². The van der Waals surface area contributed by atoms with Gasteiger partial charge < -0.3 is 18.9 Å². The quantitative estimate of drug-likeness (QED) is 0.460. The number of rotatable bonds is 11. The Morgan fingerprint density at radius 2 is 1.70 bits per heavy atom. The van der Waals surface area contributed by atoms with Gasteiger partial charge in [0.15, 0.2) is 0 Å². The van der Waals surface area contributed by atoms with Crippen LogP contribution in [-0.2, 0) is 14.2 Å². The van der Waals surface area contributed by atoms with Crippen molar-refractivity contribution in [2.24, 2.45) is 0 Å². The number of alkyl halides is 2. The fraction of sp³-hybridized carbons (Fsp3) is 0.562. The number of hydrogen-bond donors (Lipinski definition) is 0. The SMILES string of the molecule is COCCCOC(=O)c1ccc(C(F)F)c(OCCCOC)c1. The molecule has 0 N–H and O–H groups in total. The summed E-state index contributed by atoms with van der Waals surface area (Å²) >= 11 is 0. The van der Waals surface area contributed by atoms with Crippen molar-refractivity contribution in [3.8, 4) is 5.75 Å². The maximum atomic E-state index is 13.0. The zero-order valence-electron chi connectivity index (χ0n) is 13.3. The summed E-state index contributed by atoms with van der Waals surface area (Å²) in [6, 6.07) is 3.77. The van der Waals surface area contributed by atoms with Crippen molar-refractivity contribution in [3.63, 3.8) is 0 Å². The summed E-state index contributed by atoms with van der Waals surface area (Å²) in [5.74, 6) is -0.592. The Bertz CT molecular complexity index is 480. The number of carbonyl (C=O) groups is 1. The van der Waals surface area contributed by atoms with Crippen molar-refractivity contribution >= 4 is 5.97 Å². The number of benzene rings is 1. The Morgan fingerprint density at radius 1 is 1.04 bits per heavy atom. The number of halogens is 2. The monoisotopic (exact) mass is 332 g/mol. The molecule has 0 radical (unpaired) electrons. The Morgan fingerprint density at radius 3 is 2.30 bits per heavy atom. The molecule has 0 saturated heterocycles. The van der Waals surface area contributed by atoms with Gasteiger partial charge in [-0.25, -0.2) is 13.6 Å². The third-order valence-corrected chi connectivity index (χ3v) is 2.96. The van der Waals surface area contributed by atoms with Gasteiger partial charge in [0.1, 0.15) is 5.75 Å². The highest BCUT2D eigenvalue weighted by atomic mass is 19.3. The van der Waals surface area contributed by atoms with Crippen LogP contribution < -0.4 is 4.74 Å². The Kier molecular flexibility index (Phi) is 9.16. The van der Waals surface area contributed by atoms with Crippen LogP contribution in [0.2, 0.25) is 0 Å². The fourth-order valence-electron chi connectivity index (χ4n) is 1.80. The summed E-state index contributed by atoms with van der Waals surface area (Å²) in [7, 11) is 3.10. The molecule has 0 bridgehead atoms. The minimum absolute atomic E-state index is 0.0116. The van der Waals surface area contributed by atoms with Crippen LogP contribution in [-0.4, -0.2) is 46.6 Å². The molecule has 0 saturated carbocycles. The summed E-state index contributed by atoms with van der Waals surface area (Å²) in [5, 5.41) is 0. The number of methoxy groups -OCH3 is 2. The minimum atomic E-state index is -2.68. The summed E-state index contributed by atoms with van der Waals surface area (Å²) in [6.07, 6.45) is -1.55. The summed E-state index contributed by atoms with van der Waals surface area (Å²) in [6.45, 7) is 1.36. The lowest BCUT2D eigenvalue weighted by molar-refractivity contribution is 0.0467. The molecule has 0 atom stereocenters. The summed E-state index contributed by atoms with van der Waals surface area (Å²) in [5.41, 5.74) is -0.0769. The predicted octanol–water partition coefficient (Wildman–Crippen LogP) is 3.23. The van der Waals surface area contributed by atoms with Gasteiger partial charge in [-0.2, -0.15) is 0 Å². The van der Waals surface area contributed by atoms with Crippen molar-refractivity contribution < 1.29 is 32.5 Å². The molecule has 23 heavy (non-hydrogen) atoms. The van der Waals surface area contributed by atoms with Gasteiger partial charge in [-0.15, -0.1) is 0 Å². The van der Waals surface area contributed by atoms with E-state index in [-0.39, 0.29) is 30.1 Å². The van der Waals surface area contributed by atoms with E-state index in [9.17, 15) is 13.6 Å². The van der Waals surface area contributed by atoms with Crippen LogP contribution in [0.15, 0.2) is 18.2 Å². The molecular weight excluding hydrogens is 310 g/mol. The van der Waals surface area contributed by atoms with E-state index in [0.29, 0.717) is 26.1 Å². The van der Waals surface area contributed by atoms with E-state index < -0.39 is 12.4 Å². The molecule has 1 aromatic rings. The van der Waals surface area contributed by atoms with Gasteiger partial charge in [0.2, 0.25) is 0 Å². The first-order valence-corrected chi connectivity index (χ1v) is 7.30. The van der Waals surface area contributed by atoms with Gasteiger partial charge in [0, 0.05) is 40.3 Å². The molecule has 0 aliphatic heterocycles. The van der Waals surface area contributed by atoms with Crippen LogP contribution in [0.1, 0.15) is 35.2 Å². The largest absolute Gasteiger partial charge is 0.493 e. The maximum Gasteiger partial charge on any atom is 0.338 e. The van der Waals surface area contributed by atoms with Gasteiger partial charge in [0.25, 0.3) is 6.43 Å². The van der Waals surface area contributed by atoms with Crippen LogP contribution in [0.5, 0.6) is 5.75 Å². The lowest BCUT2D eigenvalue weighted by Gasteiger charge is -2.12. The summed E-state index contributed by atoms with van der Waals surface area (Å²) in [4.78, 5) is 11.9. The second-order valence-corrected chi connectivity index (χ2v) is 4.73. The number of carbonyl (C=O) groups excluding carboxylic acids is 1. The van der Waals surface area contributed by atoms with Crippen LogP contribution in [0, 0.1) is 0 Å². The average molecular weight is 332 g/mol. The fourth-order valence-corrected chi connectivity index (χ4v) is 1.80. The molecule has 0 aromatic heterocycles. The van der Waals surface area contributed by atoms with E-state index in [4.69, 9.17) is 18.9 Å². The highest BCUT2D eigenvalue weighted by molar-refractivity contribution is 5.90. The molecule has 0 spiro atoms. The third-order valence-electron chi connectivity index (χ3n) is 2.96. The normalized spacial score (nSPS) is 10.8. The van der Waals surface area contributed by atoms with E-state index in [1.54, 1.807) is 14.2 Å². The van der Waals surface area contributed by atoms with Crippen LogP contribution in [0.3, 0.4) is 0 Å². The molecule has 1 rings (SSSR count). The second kappa shape index (κ2) is 10.9. The Balaban J connectivity index is 2.71. The number of hydrogen-bond acceptors (Lipinski definition) is 5. The molecule has 7 heteroatoms. The standard InChI is InChI=1S/C16H22F2O5/c1-20-7-3-9-22-14-11-12(5-6-13(14)15(17)18)16(19)23-10-4-8-21-2/h5-6,11,15H,3-4,7-10H2,1-2H3. The predicted molar refractivity (Wildman–Crippen MR) is 80.2 cm³/mol. The smallest absolute Gasteiger partial charge is 0.338 e. The zero-order valence-corrected chi connectivity index (χ0v) is 13.3. The molecular formula is C16H22F2O5. The topological polar surface area (TPSA) is 54.0 Å². The third kappa shape index (κ3) is 6.92. The van der Waals surface area contributed by atoms with E-state index in [1.807, 2.05) is 0 Å². The molecule has 0 heterocycles. The van der Waals surface area contributed by atoms with Crippen molar-refractivity contribution in [3.05, 3.63) is 29.3 Å². The molecule has 0 fully saturated rings. The number of esters is 1. The molecule has 1 aromatic carbocycles. The van der Waals surface area contributed by atoms with E-state index >= 15 is 0 Å². The molecule has 0 amide bonds. The lowest BCUT2D eigenvalue weighted by atomic mass is 10.1. The first-order valence-electron chi connectivity index (χ1n) is 7.30. The molecule has 0 unspecified atom stereocenters. The minimum Gasteiger partial charge on any atom is -0.493 e. The van der Waals surface area contributed by atoms with Crippen molar-refractivity contribution in [2.75, 3.05) is 40.6 Å². The molecule has 0 aliphatic rings. The molecule has 130 valence electrons. The van der Waals surface area contributed by atoms with E-state index in [0.717, 1.165) is 0 Å². The highest BCUT2D eigenvalue weighted by Crippen LogP contribution is 2.30. The van der Waals surface area contributed by atoms with Crippen molar-refractivity contribution in [1.29, 1.82) is 0 Å². The zero-order chi connectivity index (χ0) is 17.1. The van der Waals surface area contributed by atoms with Crippen LogP contribution in [0.4, 0.5) is 8.78 Å². The average Bonchev–Trinajstić information content (AvgIpc) is 2.55. The van der Waals surface area contributed by atoms with Crippen LogP contribution in [0.25, 0.3) is 0 Å². The highest BCUT2D eigenvalue weighted by Gasteiger charge is 2.17. The molecule has 0 aliphatic carbocycles. The van der Waals surface area contributed by atoms with Gasteiger partial charge in [-0.1, -0.05) is 0 Å². The van der Waals surface area contributed by atoms with Crippen molar-refractivity contribution in [1.82, 2.24) is 0 Å². The second-order valence-electron chi connectivity index (χ2n) is 4.73. The van der Waals surface area contributed by atoms with E-state index in [1.165, 1.54) is 18.2 Å². The maximum absolute atomic E-state index is 13.0. The van der Waals surface area contributed by atoms with Gasteiger partial charge in [0.05, 0.1) is 24.3 Å². The van der Waals surface area contributed by atoms with Gasteiger partial charge in [-0.3, -0.25) is 0 Å². The summed E-state index contributed by atoms with van der Waals surface area (Å²) < 4.78 is 46.1. The first kappa shape index (κ1) is 19.3. The molecule has 5 nitrogen and oxygen atoms in total. The number of ether oxygens (including phenoxy) is 4. The first-order chi connectivity index (χ1) is 11.1. The Labute approximate surface area is 134 Å². The van der Waals surface area contributed by atoms with Crippen molar-refractivity contribution in [2.45, 2.75) is 19.3 Å².